The van der Waals surface area contributed by atoms with Gasteiger partial charge in [-0.15, -0.1) is 0 Å². The highest BCUT2D eigenvalue weighted by atomic mass is 31.3. The van der Waals surface area contributed by atoms with Crippen molar-refractivity contribution in [1.29, 1.82) is 0 Å². The van der Waals surface area contributed by atoms with Gasteiger partial charge in [-0.3, -0.25) is 0 Å². The second kappa shape index (κ2) is 9.20. The first-order chi connectivity index (χ1) is 7.12. The molecule has 0 aromatic heterocycles. The van der Waals surface area contributed by atoms with E-state index in [1.165, 1.54) is 0 Å². The van der Waals surface area contributed by atoms with Crippen molar-refractivity contribution in [2.75, 3.05) is 26.3 Å². The molecule has 0 atom stereocenters. The van der Waals surface area contributed by atoms with E-state index in [-0.39, 0.29) is 13.2 Å². The van der Waals surface area contributed by atoms with Gasteiger partial charge in [-0.1, -0.05) is 0 Å². The van der Waals surface area contributed by atoms with Crippen molar-refractivity contribution in [2.45, 2.75) is 0 Å². The zero-order valence-corrected chi connectivity index (χ0v) is 9.92. The summed E-state index contributed by atoms with van der Waals surface area (Å²) in [7, 11) is -10.1. The molecule has 0 rings (SSSR count). The Morgan fingerprint density at radius 1 is 0.875 bits per heavy atom. The third-order valence-corrected chi connectivity index (χ3v) is 2.49. The van der Waals surface area contributed by atoms with E-state index in [1.807, 2.05) is 0 Å². The topological polar surface area (TPSA) is 177 Å². The van der Waals surface area contributed by atoms with Gasteiger partial charge in [0.05, 0.1) is 13.2 Å². The van der Waals surface area contributed by atoms with Gasteiger partial charge in [-0.05, 0) is 0 Å². The van der Waals surface area contributed by atoms with Crippen LogP contribution in [-0.2, 0) is 13.4 Å². The van der Waals surface area contributed by atoms with E-state index in [2.05, 4.69) is 9.63 Å². The summed E-state index contributed by atoms with van der Waals surface area (Å²) in [6, 6.07) is 0. The second-order valence-corrected chi connectivity index (χ2v) is 4.88. The standard InChI is InChI=1S/C4H11NO2.H4O7P2/c6-3-1-5-2-4-7;1-8(2,3)7-9(4,5)6/h5-7H,1-4H2;(H2,1,2,3)(H2,4,5,6). The second-order valence-electron chi connectivity index (χ2n) is 2.26. The highest BCUT2D eigenvalue weighted by Crippen LogP contribution is 2.53. The number of hydrogen-bond acceptors (Lipinski definition) is 6. The van der Waals surface area contributed by atoms with Crippen molar-refractivity contribution in [3.8, 4) is 0 Å². The summed E-state index contributed by atoms with van der Waals surface area (Å²) in [5.41, 5.74) is 0. The Labute approximate surface area is 91.4 Å². The van der Waals surface area contributed by atoms with Crippen LogP contribution in [0.4, 0.5) is 0 Å². The van der Waals surface area contributed by atoms with Gasteiger partial charge >= 0.3 is 15.6 Å². The van der Waals surface area contributed by atoms with Gasteiger partial charge in [0.2, 0.25) is 0 Å². The Balaban J connectivity index is 0. The largest absolute Gasteiger partial charge is 0.478 e. The first-order valence-electron chi connectivity index (χ1n) is 3.87. The van der Waals surface area contributed by atoms with Crippen LogP contribution in [0.15, 0.2) is 0 Å². The molecule has 0 aliphatic heterocycles. The molecule has 0 unspecified atom stereocenters. The summed E-state index contributed by atoms with van der Waals surface area (Å²) < 4.78 is 22.2. The van der Waals surface area contributed by atoms with E-state index in [1.54, 1.807) is 0 Å². The smallest absolute Gasteiger partial charge is 0.395 e. The van der Waals surface area contributed by atoms with E-state index in [0.717, 1.165) is 0 Å². The summed E-state index contributed by atoms with van der Waals surface area (Å²) in [4.78, 5) is 31.0. The Morgan fingerprint density at radius 3 is 1.31 bits per heavy atom. The summed E-state index contributed by atoms with van der Waals surface area (Å²) in [5, 5.41) is 19.1. The van der Waals surface area contributed by atoms with Crippen molar-refractivity contribution in [2.24, 2.45) is 0 Å². The number of rotatable bonds is 6. The molecule has 0 spiro atoms. The van der Waals surface area contributed by atoms with Crippen LogP contribution in [-0.4, -0.2) is 56.1 Å². The Morgan fingerprint density at radius 2 is 1.19 bits per heavy atom. The minimum absolute atomic E-state index is 0.139. The zero-order valence-electron chi connectivity index (χ0n) is 8.13. The van der Waals surface area contributed by atoms with E-state index in [0.29, 0.717) is 13.1 Å². The molecule has 0 aliphatic carbocycles. The molecule has 0 aliphatic rings. The fourth-order valence-electron chi connectivity index (χ4n) is 0.422. The maximum absolute atomic E-state index is 9.63. The fraction of sp³-hybridized carbons (Fsp3) is 1.00. The lowest BCUT2D eigenvalue weighted by molar-refractivity contribution is 0.225. The van der Waals surface area contributed by atoms with Crippen LogP contribution >= 0.6 is 15.6 Å². The Bertz CT molecular complexity index is 222. The van der Waals surface area contributed by atoms with E-state index in [9.17, 15) is 9.13 Å². The maximum atomic E-state index is 9.63. The zero-order chi connectivity index (χ0) is 13.2. The van der Waals surface area contributed by atoms with E-state index in [4.69, 9.17) is 29.8 Å². The fourth-order valence-corrected chi connectivity index (χ4v) is 1.53. The van der Waals surface area contributed by atoms with Crippen LogP contribution < -0.4 is 5.32 Å². The predicted molar refractivity (Wildman–Crippen MR) is 52.2 cm³/mol. The van der Waals surface area contributed by atoms with Crippen LogP contribution in [0.3, 0.4) is 0 Å². The number of aliphatic hydroxyl groups is 2. The predicted octanol–water partition coefficient (Wildman–Crippen LogP) is -2.25. The first kappa shape index (κ1) is 18.5. The van der Waals surface area contributed by atoms with Crippen LogP contribution in [0.5, 0.6) is 0 Å². The Kier molecular flexibility index (Phi) is 10.6. The molecule has 7 N–H and O–H groups in total. The molecule has 0 bridgehead atoms. The molecule has 0 fully saturated rings. The maximum Gasteiger partial charge on any atom is 0.478 e. The van der Waals surface area contributed by atoms with Crippen molar-refractivity contribution >= 4 is 15.6 Å². The molecule has 0 heterocycles. The van der Waals surface area contributed by atoms with E-state index < -0.39 is 15.6 Å². The highest BCUT2D eigenvalue weighted by Gasteiger charge is 2.27. The van der Waals surface area contributed by atoms with Crippen LogP contribution in [0.1, 0.15) is 0 Å². The van der Waals surface area contributed by atoms with Gasteiger partial charge in [0.15, 0.2) is 0 Å². The lowest BCUT2D eigenvalue weighted by atomic mass is 10.6. The van der Waals surface area contributed by atoms with Gasteiger partial charge in [0.25, 0.3) is 0 Å². The van der Waals surface area contributed by atoms with Gasteiger partial charge < -0.3 is 35.1 Å². The molecule has 16 heavy (non-hydrogen) atoms. The monoisotopic (exact) mass is 283 g/mol. The van der Waals surface area contributed by atoms with Gasteiger partial charge in [0.1, 0.15) is 0 Å². The molecule has 0 aromatic rings. The van der Waals surface area contributed by atoms with Gasteiger partial charge in [0, 0.05) is 13.1 Å². The average Bonchev–Trinajstić information content (AvgIpc) is 1.99. The summed E-state index contributed by atoms with van der Waals surface area (Å²) in [6.07, 6.45) is 0. The summed E-state index contributed by atoms with van der Waals surface area (Å²) in [6.45, 7) is 1.42. The molecule has 0 saturated carbocycles. The number of aliphatic hydroxyl groups excluding tert-OH is 2. The van der Waals surface area contributed by atoms with Gasteiger partial charge in [-0.25, -0.2) is 9.13 Å². The Hall–Kier alpha value is 0.140. The number of hydrogen-bond donors (Lipinski definition) is 7. The SMILES string of the molecule is O=P(O)(O)OP(=O)(O)O.OCCNCCO. The summed E-state index contributed by atoms with van der Waals surface area (Å²) >= 11 is 0. The van der Waals surface area contributed by atoms with Crippen molar-refractivity contribution in [1.82, 2.24) is 5.32 Å². The minimum atomic E-state index is -5.05. The molecule has 100 valence electrons. The van der Waals surface area contributed by atoms with Crippen molar-refractivity contribution in [3.63, 3.8) is 0 Å². The van der Waals surface area contributed by atoms with Crippen molar-refractivity contribution in [3.05, 3.63) is 0 Å². The molecule has 0 amide bonds. The quantitative estimate of drug-likeness (QED) is 0.208. The molecular formula is C4H15NO9P2. The normalized spacial score (nSPS) is 11.9. The van der Waals surface area contributed by atoms with Gasteiger partial charge in [-0.2, -0.15) is 4.31 Å². The molecule has 10 nitrogen and oxygen atoms in total. The molecular weight excluding hydrogens is 268 g/mol. The van der Waals surface area contributed by atoms with Crippen molar-refractivity contribution < 1.29 is 43.2 Å². The minimum Gasteiger partial charge on any atom is -0.395 e. The molecule has 0 aromatic carbocycles. The number of phosphoric acid groups is 2. The average molecular weight is 283 g/mol. The summed E-state index contributed by atoms with van der Waals surface area (Å²) in [5.74, 6) is 0. The highest BCUT2D eigenvalue weighted by molar-refractivity contribution is 7.60. The molecule has 0 radical (unpaired) electrons. The third-order valence-electron chi connectivity index (χ3n) is 0.790. The van der Waals surface area contributed by atoms with Crippen LogP contribution in [0, 0.1) is 0 Å². The molecule has 0 saturated heterocycles. The lowest BCUT2D eigenvalue weighted by Crippen LogP contribution is -2.21. The third kappa shape index (κ3) is 23.7. The van der Waals surface area contributed by atoms with E-state index >= 15 is 0 Å². The van der Waals surface area contributed by atoms with Crippen LogP contribution in [0.2, 0.25) is 0 Å². The van der Waals surface area contributed by atoms with Crippen LogP contribution in [0.25, 0.3) is 0 Å². The lowest BCUT2D eigenvalue weighted by Gasteiger charge is -2.03. The number of nitrogens with one attached hydrogen (secondary N) is 1. The molecule has 12 heteroatoms. The first-order valence-corrected chi connectivity index (χ1v) is 6.93.